The topological polar surface area (TPSA) is 60.0 Å². The van der Waals surface area contributed by atoms with Gasteiger partial charge >= 0.3 is 0 Å². The number of ether oxygens (including phenoxy) is 3. The van der Waals surface area contributed by atoms with Crippen molar-refractivity contribution in [2.75, 3.05) is 33.0 Å². The van der Waals surface area contributed by atoms with Gasteiger partial charge in [0.25, 0.3) is 0 Å². The van der Waals surface area contributed by atoms with E-state index in [1.807, 2.05) is 45.0 Å². The van der Waals surface area contributed by atoms with Gasteiger partial charge in [-0.15, -0.1) is 0 Å². The minimum Gasteiger partial charge on any atom is -0.491 e. The Kier molecular flexibility index (Phi) is 9.82. The van der Waals surface area contributed by atoms with Crippen LogP contribution in [0, 0.1) is 0 Å². The van der Waals surface area contributed by atoms with E-state index in [-0.39, 0.29) is 6.61 Å². The van der Waals surface area contributed by atoms with E-state index < -0.39 is 6.10 Å². The van der Waals surface area contributed by atoms with Crippen LogP contribution in [0.1, 0.15) is 26.3 Å². The second kappa shape index (κ2) is 11.4. The molecule has 0 aliphatic rings. The van der Waals surface area contributed by atoms with Crippen molar-refractivity contribution in [3.8, 4) is 5.75 Å². The fourth-order valence-electron chi connectivity index (χ4n) is 1.76. The lowest BCUT2D eigenvalue weighted by molar-refractivity contribution is 0.0452. The molecule has 0 aliphatic carbocycles. The van der Waals surface area contributed by atoms with Gasteiger partial charge in [-0.2, -0.15) is 0 Å². The Bertz CT molecular complexity index is 381. The predicted octanol–water partition coefficient (Wildman–Crippen LogP) is 1.98. The maximum Gasteiger partial charge on any atom is 0.119 e. The summed E-state index contributed by atoms with van der Waals surface area (Å²) in [6.45, 7) is 9.37. The van der Waals surface area contributed by atoms with Crippen LogP contribution in [0.2, 0.25) is 0 Å². The molecule has 0 radical (unpaired) electrons. The van der Waals surface area contributed by atoms with Gasteiger partial charge in [0, 0.05) is 19.2 Å². The Hall–Kier alpha value is -1.14. The van der Waals surface area contributed by atoms with E-state index in [0.717, 1.165) is 11.3 Å². The molecule has 0 bridgehead atoms. The smallest absolute Gasteiger partial charge is 0.119 e. The van der Waals surface area contributed by atoms with Crippen molar-refractivity contribution in [1.29, 1.82) is 0 Å². The van der Waals surface area contributed by atoms with Gasteiger partial charge in [-0.05, 0) is 24.6 Å². The van der Waals surface area contributed by atoms with Gasteiger partial charge < -0.3 is 24.6 Å². The van der Waals surface area contributed by atoms with Crippen LogP contribution in [-0.2, 0) is 16.1 Å². The molecule has 1 aromatic rings. The van der Waals surface area contributed by atoms with E-state index in [0.29, 0.717) is 39.0 Å². The summed E-state index contributed by atoms with van der Waals surface area (Å²) >= 11 is 0. The van der Waals surface area contributed by atoms with Crippen LogP contribution in [0.3, 0.4) is 0 Å². The van der Waals surface area contributed by atoms with Crippen LogP contribution in [0.25, 0.3) is 0 Å². The van der Waals surface area contributed by atoms with Gasteiger partial charge in [0.05, 0.1) is 19.8 Å². The van der Waals surface area contributed by atoms with Gasteiger partial charge in [-0.25, -0.2) is 0 Å². The molecule has 5 heteroatoms. The molecule has 22 heavy (non-hydrogen) atoms. The van der Waals surface area contributed by atoms with Crippen molar-refractivity contribution in [3.63, 3.8) is 0 Å². The molecule has 126 valence electrons. The molecule has 0 saturated heterocycles. The third kappa shape index (κ3) is 9.00. The summed E-state index contributed by atoms with van der Waals surface area (Å²) in [6.07, 6.45) is -0.510. The maximum absolute atomic E-state index is 9.78. The normalized spacial score (nSPS) is 12.6. The molecule has 0 fully saturated rings. The first-order valence-electron chi connectivity index (χ1n) is 7.90. The summed E-state index contributed by atoms with van der Waals surface area (Å²) in [4.78, 5) is 0. The van der Waals surface area contributed by atoms with E-state index >= 15 is 0 Å². The molecule has 5 nitrogen and oxygen atoms in total. The highest BCUT2D eigenvalue weighted by atomic mass is 16.5. The van der Waals surface area contributed by atoms with E-state index in [9.17, 15) is 5.11 Å². The van der Waals surface area contributed by atoms with Crippen molar-refractivity contribution in [2.45, 2.75) is 39.5 Å². The Morgan fingerprint density at radius 2 is 1.77 bits per heavy atom. The summed E-state index contributed by atoms with van der Waals surface area (Å²) in [5.74, 6) is 0.752. The first kappa shape index (κ1) is 18.9. The van der Waals surface area contributed by atoms with Crippen LogP contribution in [0.15, 0.2) is 24.3 Å². The zero-order chi connectivity index (χ0) is 16.2. The van der Waals surface area contributed by atoms with Gasteiger partial charge in [0.15, 0.2) is 0 Å². The molecule has 1 aromatic carbocycles. The Morgan fingerprint density at radius 1 is 1.09 bits per heavy atom. The first-order chi connectivity index (χ1) is 10.6. The summed E-state index contributed by atoms with van der Waals surface area (Å²) in [6, 6.07) is 8.08. The molecule has 0 unspecified atom stereocenters. The number of aliphatic hydroxyl groups excluding tert-OH is 1. The lowest BCUT2D eigenvalue weighted by Gasteiger charge is -2.15. The second-order valence-electron chi connectivity index (χ2n) is 5.42. The predicted molar refractivity (Wildman–Crippen MR) is 87.2 cm³/mol. The lowest BCUT2D eigenvalue weighted by atomic mass is 10.2. The van der Waals surface area contributed by atoms with Crippen LogP contribution < -0.4 is 10.1 Å². The number of nitrogens with one attached hydrogen (secondary N) is 1. The molecule has 0 saturated carbocycles. The molecular formula is C17H29NO4. The number of hydrogen-bond donors (Lipinski definition) is 2. The standard InChI is InChI=1S/C17H29NO4/c1-4-20-9-10-21-12-15-5-7-17(8-6-15)22-13-16(19)11-18-14(2)3/h5-8,14,16,18-19H,4,9-13H2,1-3H3/t16-/m0/s1. The summed E-state index contributed by atoms with van der Waals surface area (Å²) in [7, 11) is 0. The van der Waals surface area contributed by atoms with E-state index in [2.05, 4.69) is 5.32 Å². The molecule has 1 rings (SSSR count). The molecule has 0 heterocycles. The molecule has 1 atom stereocenters. The van der Waals surface area contributed by atoms with Crippen LogP contribution in [-0.4, -0.2) is 50.2 Å². The third-order valence-electron chi connectivity index (χ3n) is 2.97. The minimum absolute atomic E-state index is 0.282. The summed E-state index contributed by atoms with van der Waals surface area (Å²) in [5.41, 5.74) is 1.09. The fraction of sp³-hybridized carbons (Fsp3) is 0.647. The Balaban J connectivity index is 2.21. The first-order valence-corrected chi connectivity index (χ1v) is 7.90. The number of rotatable bonds is 12. The average Bonchev–Trinajstić information content (AvgIpc) is 2.52. The van der Waals surface area contributed by atoms with E-state index in [4.69, 9.17) is 14.2 Å². The fourth-order valence-corrected chi connectivity index (χ4v) is 1.76. The van der Waals surface area contributed by atoms with Crippen LogP contribution >= 0.6 is 0 Å². The molecule has 0 aliphatic heterocycles. The molecular weight excluding hydrogens is 282 g/mol. The zero-order valence-corrected chi connectivity index (χ0v) is 13.9. The highest BCUT2D eigenvalue weighted by molar-refractivity contribution is 5.26. The highest BCUT2D eigenvalue weighted by Gasteiger charge is 2.06. The van der Waals surface area contributed by atoms with Gasteiger partial charge in [-0.1, -0.05) is 26.0 Å². The number of benzene rings is 1. The minimum atomic E-state index is -0.510. The molecule has 0 amide bonds. The second-order valence-corrected chi connectivity index (χ2v) is 5.42. The van der Waals surface area contributed by atoms with Crippen molar-refractivity contribution < 1.29 is 19.3 Å². The maximum atomic E-state index is 9.78. The SMILES string of the molecule is CCOCCOCc1ccc(OC[C@@H](O)CNC(C)C)cc1. The monoisotopic (exact) mass is 311 g/mol. The number of hydrogen-bond acceptors (Lipinski definition) is 5. The number of aliphatic hydroxyl groups is 1. The molecule has 0 aromatic heterocycles. The Labute approximate surface area is 133 Å². The molecule has 0 spiro atoms. The van der Waals surface area contributed by atoms with Crippen molar-refractivity contribution >= 4 is 0 Å². The van der Waals surface area contributed by atoms with E-state index in [1.54, 1.807) is 0 Å². The summed E-state index contributed by atoms with van der Waals surface area (Å²) < 4.78 is 16.3. The zero-order valence-electron chi connectivity index (χ0n) is 13.9. The van der Waals surface area contributed by atoms with Gasteiger partial charge in [0.1, 0.15) is 18.5 Å². The van der Waals surface area contributed by atoms with Crippen molar-refractivity contribution in [2.24, 2.45) is 0 Å². The quantitative estimate of drug-likeness (QED) is 0.578. The Morgan fingerprint density at radius 3 is 2.41 bits per heavy atom. The van der Waals surface area contributed by atoms with Crippen molar-refractivity contribution in [1.82, 2.24) is 5.32 Å². The van der Waals surface area contributed by atoms with Crippen LogP contribution in [0.5, 0.6) is 5.75 Å². The van der Waals surface area contributed by atoms with Crippen molar-refractivity contribution in [3.05, 3.63) is 29.8 Å². The van der Waals surface area contributed by atoms with E-state index in [1.165, 1.54) is 0 Å². The average molecular weight is 311 g/mol. The van der Waals surface area contributed by atoms with Gasteiger partial charge in [0.2, 0.25) is 0 Å². The van der Waals surface area contributed by atoms with Gasteiger partial charge in [-0.3, -0.25) is 0 Å². The molecule has 2 N–H and O–H groups in total. The lowest BCUT2D eigenvalue weighted by Crippen LogP contribution is -2.35. The highest BCUT2D eigenvalue weighted by Crippen LogP contribution is 2.13. The van der Waals surface area contributed by atoms with Crippen LogP contribution in [0.4, 0.5) is 0 Å². The largest absolute Gasteiger partial charge is 0.491 e. The summed E-state index contributed by atoms with van der Waals surface area (Å²) in [5, 5.41) is 13.0. The third-order valence-corrected chi connectivity index (χ3v) is 2.97.